The Bertz CT molecular complexity index is 350. The fourth-order valence-electron chi connectivity index (χ4n) is 1.20. The van der Waals surface area contributed by atoms with E-state index < -0.39 is 30.2 Å². The maximum absolute atomic E-state index is 12.6. The van der Waals surface area contributed by atoms with Crippen LogP contribution in [0.3, 0.4) is 0 Å². The normalized spacial score (nSPS) is 14.0. The van der Waals surface area contributed by atoms with Gasteiger partial charge in [-0.25, -0.2) is 4.39 Å². The van der Waals surface area contributed by atoms with E-state index in [-0.39, 0.29) is 5.56 Å². The third-order valence-corrected chi connectivity index (χ3v) is 1.92. The summed E-state index contributed by atoms with van der Waals surface area (Å²) in [7, 11) is 0. The van der Waals surface area contributed by atoms with Crippen LogP contribution in [0.5, 0.6) is 0 Å². The standard InChI is InChI=1S/C9H9F4NO/c10-5-1-2-6(8(14)4-15)7(3-5)9(11,12)13/h1-3,8,15H,4,14H2/t8-/m0/s1. The van der Waals surface area contributed by atoms with E-state index in [4.69, 9.17) is 10.8 Å². The van der Waals surface area contributed by atoms with E-state index in [1.807, 2.05) is 0 Å². The predicted molar refractivity (Wildman–Crippen MR) is 45.4 cm³/mol. The van der Waals surface area contributed by atoms with E-state index in [1.165, 1.54) is 0 Å². The quantitative estimate of drug-likeness (QED) is 0.751. The largest absolute Gasteiger partial charge is 0.416 e. The van der Waals surface area contributed by atoms with E-state index in [9.17, 15) is 17.6 Å². The van der Waals surface area contributed by atoms with Gasteiger partial charge in [-0.2, -0.15) is 13.2 Å². The maximum atomic E-state index is 12.6. The molecule has 15 heavy (non-hydrogen) atoms. The molecule has 0 bridgehead atoms. The fourth-order valence-corrected chi connectivity index (χ4v) is 1.20. The average molecular weight is 223 g/mol. The molecule has 1 atom stereocenters. The van der Waals surface area contributed by atoms with Gasteiger partial charge in [-0.05, 0) is 17.7 Å². The van der Waals surface area contributed by atoms with Gasteiger partial charge < -0.3 is 10.8 Å². The molecule has 0 aliphatic carbocycles. The molecule has 6 heteroatoms. The van der Waals surface area contributed by atoms with Crippen LogP contribution in [0.25, 0.3) is 0 Å². The zero-order chi connectivity index (χ0) is 11.6. The third kappa shape index (κ3) is 2.66. The second-order valence-electron chi connectivity index (χ2n) is 3.02. The number of halogens is 4. The van der Waals surface area contributed by atoms with Crippen molar-refractivity contribution in [3.8, 4) is 0 Å². The number of aliphatic hydroxyl groups is 1. The summed E-state index contributed by atoms with van der Waals surface area (Å²) in [5, 5.41) is 8.66. The minimum atomic E-state index is -4.68. The summed E-state index contributed by atoms with van der Waals surface area (Å²) < 4.78 is 49.9. The summed E-state index contributed by atoms with van der Waals surface area (Å²) in [6.45, 7) is -0.630. The van der Waals surface area contributed by atoms with Crippen LogP contribution < -0.4 is 5.73 Å². The molecule has 84 valence electrons. The first-order valence-corrected chi connectivity index (χ1v) is 4.09. The lowest BCUT2D eigenvalue weighted by Crippen LogP contribution is -2.20. The smallest absolute Gasteiger partial charge is 0.394 e. The van der Waals surface area contributed by atoms with Gasteiger partial charge in [-0.1, -0.05) is 6.07 Å². The van der Waals surface area contributed by atoms with E-state index in [0.29, 0.717) is 6.07 Å². The van der Waals surface area contributed by atoms with E-state index in [0.717, 1.165) is 12.1 Å². The number of alkyl halides is 3. The van der Waals surface area contributed by atoms with Gasteiger partial charge in [0.2, 0.25) is 0 Å². The van der Waals surface area contributed by atoms with Gasteiger partial charge in [0.15, 0.2) is 0 Å². The van der Waals surface area contributed by atoms with Crippen molar-refractivity contribution in [2.24, 2.45) is 5.73 Å². The molecule has 1 rings (SSSR count). The molecule has 3 N–H and O–H groups in total. The Kier molecular flexibility index (Phi) is 3.31. The summed E-state index contributed by atoms with van der Waals surface area (Å²) in [5.41, 5.74) is 3.81. The lowest BCUT2D eigenvalue weighted by atomic mass is 10.0. The first-order chi connectivity index (χ1) is 6.86. The summed E-state index contributed by atoms with van der Waals surface area (Å²) in [4.78, 5) is 0. The Hall–Kier alpha value is -1.14. The van der Waals surface area contributed by atoms with E-state index in [2.05, 4.69) is 0 Å². The summed E-state index contributed by atoms with van der Waals surface area (Å²) in [6.07, 6.45) is -4.68. The first kappa shape index (κ1) is 11.9. The average Bonchev–Trinajstić information content (AvgIpc) is 2.15. The fraction of sp³-hybridized carbons (Fsp3) is 0.333. The molecule has 0 fully saturated rings. The topological polar surface area (TPSA) is 46.2 Å². The first-order valence-electron chi connectivity index (χ1n) is 4.09. The number of rotatable bonds is 2. The zero-order valence-corrected chi connectivity index (χ0v) is 7.55. The molecule has 0 saturated carbocycles. The Morgan fingerprint density at radius 3 is 2.40 bits per heavy atom. The number of nitrogens with two attached hydrogens (primary N) is 1. The van der Waals surface area contributed by atoms with E-state index >= 15 is 0 Å². The van der Waals surface area contributed by atoms with Gasteiger partial charge in [0.1, 0.15) is 5.82 Å². The highest BCUT2D eigenvalue weighted by molar-refractivity contribution is 5.32. The van der Waals surface area contributed by atoms with Crippen molar-refractivity contribution in [2.45, 2.75) is 12.2 Å². The minimum absolute atomic E-state index is 0.314. The van der Waals surface area contributed by atoms with Crippen LogP contribution in [0.2, 0.25) is 0 Å². The van der Waals surface area contributed by atoms with Crippen LogP contribution in [-0.4, -0.2) is 11.7 Å². The molecule has 0 aliphatic rings. The zero-order valence-electron chi connectivity index (χ0n) is 7.55. The highest BCUT2D eigenvalue weighted by Gasteiger charge is 2.34. The molecule has 0 spiro atoms. The van der Waals surface area contributed by atoms with Crippen LogP contribution in [0.4, 0.5) is 17.6 Å². The second-order valence-corrected chi connectivity index (χ2v) is 3.02. The highest BCUT2D eigenvalue weighted by atomic mass is 19.4. The van der Waals surface area contributed by atoms with Gasteiger partial charge in [-0.15, -0.1) is 0 Å². The summed E-state index contributed by atoms with van der Waals surface area (Å²) >= 11 is 0. The highest BCUT2D eigenvalue weighted by Crippen LogP contribution is 2.34. The minimum Gasteiger partial charge on any atom is -0.394 e. The molecule has 0 aromatic heterocycles. The van der Waals surface area contributed by atoms with Crippen LogP contribution in [0.1, 0.15) is 17.2 Å². The SMILES string of the molecule is N[C@@H](CO)c1ccc(F)cc1C(F)(F)F. The molecule has 0 amide bonds. The number of hydrogen-bond donors (Lipinski definition) is 2. The van der Waals surface area contributed by atoms with Crippen molar-refractivity contribution in [1.29, 1.82) is 0 Å². The third-order valence-electron chi connectivity index (χ3n) is 1.92. The summed E-state index contributed by atoms with van der Waals surface area (Å²) in [6, 6.07) is 1.01. The van der Waals surface area contributed by atoms with Gasteiger partial charge in [-0.3, -0.25) is 0 Å². The molecular formula is C9H9F4NO. The molecule has 0 saturated heterocycles. The van der Waals surface area contributed by atoms with Crippen LogP contribution in [-0.2, 0) is 6.18 Å². The van der Waals surface area contributed by atoms with Gasteiger partial charge >= 0.3 is 6.18 Å². The maximum Gasteiger partial charge on any atom is 0.416 e. The molecule has 1 aromatic rings. The van der Waals surface area contributed by atoms with Crippen molar-refractivity contribution >= 4 is 0 Å². The van der Waals surface area contributed by atoms with Crippen LogP contribution in [0, 0.1) is 5.82 Å². The summed E-state index contributed by atoms with van der Waals surface area (Å²) in [5.74, 6) is -0.990. The van der Waals surface area contributed by atoms with Crippen LogP contribution in [0.15, 0.2) is 18.2 Å². The van der Waals surface area contributed by atoms with Gasteiger partial charge in [0, 0.05) is 0 Å². The van der Waals surface area contributed by atoms with Crippen molar-refractivity contribution < 1.29 is 22.7 Å². The molecule has 0 unspecified atom stereocenters. The van der Waals surface area contributed by atoms with Gasteiger partial charge in [0.25, 0.3) is 0 Å². The molecular weight excluding hydrogens is 214 g/mol. The monoisotopic (exact) mass is 223 g/mol. The Labute approximate surface area is 83.3 Å². The molecule has 0 radical (unpaired) electrons. The lowest BCUT2D eigenvalue weighted by molar-refractivity contribution is -0.138. The molecule has 2 nitrogen and oxygen atoms in total. The Morgan fingerprint density at radius 2 is 1.93 bits per heavy atom. The molecule has 0 aliphatic heterocycles. The van der Waals surface area contributed by atoms with Crippen LogP contribution >= 0.6 is 0 Å². The van der Waals surface area contributed by atoms with Crippen molar-refractivity contribution in [2.75, 3.05) is 6.61 Å². The van der Waals surface area contributed by atoms with Crippen molar-refractivity contribution in [3.05, 3.63) is 35.1 Å². The predicted octanol–water partition coefficient (Wildman–Crippen LogP) is 1.84. The Balaban J connectivity index is 3.27. The Morgan fingerprint density at radius 1 is 1.33 bits per heavy atom. The number of benzene rings is 1. The number of aliphatic hydroxyl groups excluding tert-OH is 1. The lowest BCUT2D eigenvalue weighted by Gasteiger charge is -2.16. The molecule has 0 heterocycles. The van der Waals surface area contributed by atoms with Crippen molar-refractivity contribution in [1.82, 2.24) is 0 Å². The van der Waals surface area contributed by atoms with Gasteiger partial charge in [0.05, 0.1) is 18.2 Å². The number of hydrogen-bond acceptors (Lipinski definition) is 2. The molecule has 1 aromatic carbocycles. The van der Waals surface area contributed by atoms with E-state index in [1.54, 1.807) is 0 Å². The van der Waals surface area contributed by atoms with Crippen molar-refractivity contribution in [3.63, 3.8) is 0 Å². The second kappa shape index (κ2) is 4.16.